The van der Waals surface area contributed by atoms with Crippen molar-refractivity contribution in [1.82, 2.24) is 9.38 Å². The van der Waals surface area contributed by atoms with Crippen molar-refractivity contribution in [3.8, 4) is 17.0 Å². The van der Waals surface area contributed by atoms with Crippen molar-refractivity contribution >= 4 is 28.0 Å². The van der Waals surface area contributed by atoms with Crippen LogP contribution in [0.2, 0.25) is 0 Å². The van der Waals surface area contributed by atoms with Gasteiger partial charge in [-0.1, -0.05) is 36.4 Å². The Kier molecular flexibility index (Phi) is 4.64. The monoisotopic (exact) mass is 407 g/mol. The fourth-order valence-electron chi connectivity index (χ4n) is 3.78. The minimum Gasteiger partial charge on any atom is -0.495 e. The zero-order valence-electron chi connectivity index (χ0n) is 17.3. The Morgan fingerprint density at radius 3 is 2.61 bits per heavy atom. The zero-order chi connectivity index (χ0) is 21.4. The molecule has 2 aromatic heterocycles. The Morgan fingerprint density at radius 1 is 0.968 bits per heavy atom. The number of carbonyl (C=O) groups excluding carboxylic acids is 1. The van der Waals surface area contributed by atoms with Crippen LogP contribution in [0.5, 0.6) is 5.75 Å². The van der Waals surface area contributed by atoms with Gasteiger partial charge in [-0.3, -0.25) is 4.79 Å². The molecule has 152 valence electrons. The number of benzene rings is 3. The van der Waals surface area contributed by atoms with Crippen molar-refractivity contribution in [3.05, 3.63) is 96.3 Å². The van der Waals surface area contributed by atoms with Crippen molar-refractivity contribution in [1.29, 1.82) is 0 Å². The van der Waals surface area contributed by atoms with Crippen molar-refractivity contribution in [2.75, 3.05) is 12.4 Å². The number of nitrogens with one attached hydrogen (secondary N) is 1. The summed E-state index contributed by atoms with van der Waals surface area (Å²) in [5.41, 5.74) is 4.94. The molecule has 0 aliphatic carbocycles. The molecule has 0 saturated heterocycles. The molecule has 5 nitrogen and oxygen atoms in total. The van der Waals surface area contributed by atoms with Crippen molar-refractivity contribution in [2.24, 2.45) is 0 Å². The summed E-state index contributed by atoms with van der Waals surface area (Å²) in [5, 5.41) is 5.12. The lowest BCUT2D eigenvalue weighted by Gasteiger charge is -2.12. The largest absolute Gasteiger partial charge is 0.495 e. The van der Waals surface area contributed by atoms with E-state index in [0.29, 0.717) is 17.0 Å². The number of carbonyl (C=O) groups is 1. The van der Waals surface area contributed by atoms with Crippen molar-refractivity contribution in [2.45, 2.75) is 6.92 Å². The number of imidazole rings is 1. The average Bonchev–Trinajstić information content (AvgIpc) is 3.24. The molecule has 5 aromatic rings. The maximum atomic E-state index is 13.0. The molecule has 31 heavy (non-hydrogen) atoms. The molecule has 0 saturated carbocycles. The minimum absolute atomic E-state index is 0.188. The van der Waals surface area contributed by atoms with E-state index in [2.05, 4.69) is 5.32 Å². The van der Waals surface area contributed by atoms with Gasteiger partial charge in [-0.2, -0.15) is 0 Å². The Balaban J connectivity index is 1.50. The minimum atomic E-state index is -0.188. The lowest BCUT2D eigenvalue weighted by atomic mass is 10.1. The summed E-state index contributed by atoms with van der Waals surface area (Å²) in [6.45, 7) is 2.04. The summed E-state index contributed by atoms with van der Waals surface area (Å²) in [7, 11) is 1.59. The lowest BCUT2D eigenvalue weighted by molar-refractivity contribution is 0.102. The topological polar surface area (TPSA) is 55.6 Å². The molecule has 0 radical (unpaired) electrons. The third kappa shape index (κ3) is 3.51. The van der Waals surface area contributed by atoms with E-state index in [9.17, 15) is 4.79 Å². The highest BCUT2D eigenvalue weighted by atomic mass is 16.5. The number of anilines is 1. The molecule has 0 bridgehead atoms. The quantitative estimate of drug-likeness (QED) is 0.414. The fourth-order valence-corrected chi connectivity index (χ4v) is 3.78. The van der Waals surface area contributed by atoms with Crippen LogP contribution in [0.15, 0.2) is 85.2 Å². The van der Waals surface area contributed by atoms with Crippen LogP contribution in [0, 0.1) is 6.92 Å². The highest BCUT2D eigenvalue weighted by molar-refractivity contribution is 6.07. The first-order chi connectivity index (χ1) is 15.1. The van der Waals surface area contributed by atoms with E-state index in [1.807, 2.05) is 96.5 Å². The molecule has 3 aromatic carbocycles. The molecule has 0 aliphatic rings. The first kappa shape index (κ1) is 18.9. The van der Waals surface area contributed by atoms with Gasteiger partial charge < -0.3 is 14.5 Å². The van der Waals surface area contributed by atoms with E-state index < -0.39 is 0 Å². The number of pyridine rings is 1. The van der Waals surface area contributed by atoms with Gasteiger partial charge in [0.05, 0.1) is 18.5 Å². The Labute approximate surface area is 179 Å². The van der Waals surface area contributed by atoms with Crippen LogP contribution in [0.4, 0.5) is 5.69 Å². The Morgan fingerprint density at radius 2 is 1.81 bits per heavy atom. The number of rotatable bonds is 4. The zero-order valence-corrected chi connectivity index (χ0v) is 17.3. The van der Waals surface area contributed by atoms with Gasteiger partial charge in [-0.05, 0) is 59.7 Å². The van der Waals surface area contributed by atoms with Crippen LogP contribution in [0.3, 0.4) is 0 Å². The van der Waals surface area contributed by atoms with E-state index in [4.69, 9.17) is 9.72 Å². The van der Waals surface area contributed by atoms with Crippen molar-refractivity contribution in [3.63, 3.8) is 0 Å². The highest BCUT2D eigenvalue weighted by Crippen LogP contribution is 2.31. The average molecular weight is 407 g/mol. The SMILES string of the molecule is COc1ccc(-c2cn3cccc(C)c3n2)cc1NC(=O)c1ccc2ccccc2c1. The van der Waals surface area contributed by atoms with E-state index >= 15 is 0 Å². The Hall–Kier alpha value is -4.12. The molecule has 5 heteroatoms. The van der Waals surface area contributed by atoms with Gasteiger partial charge in [0.25, 0.3) is 5.91 Å². The van der Waals surface area contributed by atoms with Gasteiger partial charge in [-0.25, -0.2) is 4.98 Å². The van der Waals surface area contributed by atoms with E-state index in [-0.39, 0.29) is 5.91 Å². The lowest BCUT2D eigenvalue weighted by Crippen LogP contribution is -2.12. The first-order valence-corrected chi connectivity index (χ1v) is 10.1. The number of methoxy groups -OCH3 is 1. The van der Waals surface area contributed by atoms with Crippen molar-refractivity contribution < 1.29 is 9.53 Å². The molecule has 5 rings (SSSR count). The standard InChI is InChI=1S/C26H21N3O2/c1-17-6-5-13-29-16-23(27-25(17)29)20-11-12-24(31-2)22(15-20)28-26(30)21-10-9-18-7-3-4-8-19(18)14-21/h3-16H,1-2H3,(H,28,30). The van der Waals surface area contributed by atoms with Crippen LogP contribution >= 0.6 is 0 Å². The molecule has 0 atom stereocenters. The van der Waals surface area contributed by atoms with Crippen LogP contribution in [-0.2, 0) is 0 Å². The molecule has 1 N–H and O–H groups in total. The summed E-state index contributed by atoms with van der Waals surface area (Å²) < 4.78 is 7.48. The molecule has 2 heterocycles. The number of ether oxygens (including phenoxy) is 1. The number of fused-ring (bicyclic) bond motifs is 2. The van der Waals surface area contributed by atoms with Crippen LogP contribution < -0.4 is 10.1 Å². The second-order valence-corrected chi connectivity index (χ2v) is 7.48. The van der Waals surface area contributed by atoms with Gasteiger partial charge in [0.1, 0.15) is 11.4 Å². The first-order valence-electron chi connectivity index (χ1n) is 10.1. The summed E-state index contributed by atoms with van der Waals surface area (Å²) in [5.74, 6) is 0.407. The number of hydrogen-bond donors (Lipinski definition) is 1. The fraction of sp³-hybridized carbons (Fsp3) is 0.0769. The van der Waals surface area contributed by atoms with Gasteiger partial charge in [-0.15, -0.1) is 0 Å². The molecule has 0 fully saturated rings. The maximum absolute atomic E-state index is 13.0. The number of aromatic nitrogens is 2. The number of amides is 1. The summed E-state index contributed by atoms with van der Waals surface area (Å²) >= 11 is 0. The second-order valence-electron chi connectivity index (χ2n) is 7.48. The van der Waals surface area contributed by atoms with Gasteiger partial charge in [0, 0.05) is 23.5 Å². The predicted molar refractivity (Wildman–Crippen MR) is 124 cm³/mol. The normalized spacial score (nSPS) is 11.0. The second kappa shape index (κ2) is 7.61. The number of aryl methyl sites for hydroxylation is 1. The third-order valence-corrected chi connectivity index (χ3v) is 5.43. The third-order valence-electron chi connectivity index (χ3n) is 5.43. The van der Waals surface area contributed by atoms with Crippen LogP contribution in [0.1, 0.15) is 15.9 Å². The number of hydrogen-bond acceptors (Lipinski definition) is 3. The molecule has 1 amide bonds. The molecular formula is C26H21N3O2. The molecule has 0 unspecified atom stereocenters. The van der Waals surface area contributed by atoms with E-state index in [1.165, 1.54) is 0 Å². The van der Waals surface area contributed by atoms with Crippen LogP contribution in [-0.4, -0.2) is 22.4 Å². The predicted octanol–water partition coefficient (Wildman–Crippen LogP) is 5.72. The number of nitrogens with zero attached hydrogens (tertiary/aromatic N) is 2. The van der Waals surface area contributed by atoms with Gasteiger partial charge in [0.15, 0.2) is 0 Å². The summed E-state index contributed by atoms with van der Waals surface area (Å²) in [4.78, 5) is 17.7. The molecule has 0 aliphatic heterocycles. The van der Waals surface area contributed by atoms with Gasteiger partial charge in [0.2, 0.25) is 0 Å². The Bertz CT molecular complexity index is 1440. The molecular weight excluding hydrogens is 386 g/mol. The summed E-state index contributed by atoms with van der Waals surface area (Å²) in [6.07, 6.45) is 3.96. The van der Waals surface area contributed by atoms with Crippen LogP contribution in [0.25, 0.3) is 27.7 Å². The summed E-state index contributed by atoms with van der Waals surface area (Å²) in [6, 6.07) is 23.4. The van der Waals surface area contributed by atoms with E-state index in [0.717, 1.165) is 33.2 Å². The van der Waals surface area contributed by atoms with Gasteiger partial charge >= 0.3 is 0 Å². The smallest absolute Gasteiger partial charge is 0.255 e. The molecule has 0 spiro atoms. The van der Waals surface area contributed by atoms with E-state index in [1.54, 1.807) is 7.11 Å². The highest BCUT2D eigenvalue weighted by Gasteiger charge is 2.13. The maximum Gasteiger partial charge on any atom is 0.255 e.